The predicted molar refractivity (Wildman–Crippen MR) is 77.7 cm³/mol. The third-order valence-corrected chi connectivity index (χ3v) is 4.53. The number of benzene rings is 1. The van der Waals surface area contributed by atoms with Crippen molar-refractivity contribution in [1.82, 2.24) is 4.90 Å². The van der Waals surface area contributed by atoms with E-state index in [-0.39, 0.29) is 25.9 Å². The van der Waals surface area contributed by atoms with Crippen molar-refractivity contribution in [1.29, 1.82) is 0 Å². The Morgan fingerprint density at radius 1 is 1.23 bits per heavy atom. The van der Waals surface area contributed by atoms with E-state index in [1.807, 2.05) is 0 Å². The van der Waals surface area contributed by atoms with Crippen molar-refractivity contribution >= 4 is 11.6 Å². The Labute approximate surface area is 132 Å². The molecular weight excluding hydrogens is 319 g/mol. The van der Waals surface area contributed by atoms with Gasteiger partial charge in [-0.3, -0.25) is 4.90 Å². The number of nitrogens with zero attached hydrogens (tertiary/aromatic N) is 1. The van der Waals surface area contributed by atoms with E-state index in [2.05, 4.69) is 0 Å². The van der Waals surface area contributed by atoms with Crippen LogP contribution in [0.2, 0.25) is 5.02 Å². The van der Waals surface area contributed by atoms with E-state index >= 15 is 0 Å². The van der Waals surface area contributed by atoms with E-state index < -0.39 is 23.9 Å². The Morgan fingerprint density at radius 2 is 1.77 bits per heavy atom. The molecule has 1 aliphatic rings. The largest absolute Gasteiger partial charge is 0.418 e. The minimum Gasteiger partial charge on any atom is -0.385 e. The molecule has 0 bridgehead atoms. The molecule has 0 spiro atoms. The summed E-state index contributed by atoms with van der Waals surface area (Å²) in [5.41, 5.74) is -3.30. The molecule has 1 heterocycles. The topological polar surface area (TPSA) is 43.7 Å². The van der Waals surface area contributed by atoms with Crippen LogP contribution in [0.15, 0.2) is 24.3 Å². The lowest BCUT2D eigenvalue weighted by atomic mass is 9.84. The number of piperidine rings is 1. The number of alkyl halides is 3. The van der Waals surface area contributed by atoms with E-state index in [9.17, 15) is 23.4 Å². The molecule has 0 aliphatic carbocycles. The van der Waals surface area contributed by atoms with Gasteiger partial charge < -0.3 is 10.2 Å². The second kappa shape index (κ2) is 6.00. The molecule has 0 aromatic heterocycles. The maximum atomic E-state index is 12.7. The van der Waals surface area contributed by atoms with E-state index in [0.29, 0.717) is 10.6 Å². The highest BCUT2D eigenvalue weighted by atomic mass is 35.5. The highest BCUT2D eigenvalue weighted by Crippen LogP contribution is 2.38. The quantitative estimate of drug-likeness (QED) is 0.891. The van der Waals surface area contributed by atoms with Crippen LogP contribution in [0.1, 0.15) is 25.3 Å². The first-order valence-corrected chi connectivity index (χ1v) is 7.42. The Hall–Kier alpha value is -0.820. The van der Waals surface area contributed by atoms with Crippen molar-refractivity contribution in [2.45, 2.75) is 37.1 Å². The predicted octanol–water partition coefficient (Wildman–Crippen LogP) is 2.94. The minimum atomic E-state index is -4.68. The van der Waals surface area contributed by atoms with Gasteiger partial charge in [-0.15, -0.1) is 0 Å². The number of aliphatic hydroxyl groups is 2. The van der Waals surface area contributed by atoms with Crippen LogP contribution >= 0.6 is 11.6 Å². The molecule has 0 amide bonds. The van der Waals surface area contributed by atoms with Gasteiger partial charge in [0.25, 0.3) is 0 Å². The summed E-state index contributed by atoms with van der Waals surface area (Å²) < 4.78 is 38.1. The van der Waals surface area contributed by atoms with Gasteiger partial charge >= 0.3 is 6.18 Å². The summed E-state index contributed by atoms with van der Waals surface area (Å²) in [6.07, 6.45) is -4.14. The van der Waals surface area contributed by atoms with Gasteiger partial charge in [-0.25, -0.2) is 0 Å². The van der Waals surface area contributed by atoms with E-state index in [4.69, 9.17) is 11.6 Å². The first kappa shape index (κ1) is 17.5. The summed E-state index contributed by atoms with van der Waals surface area (Å²) in [6, 6.07) is 6.92. The first-order valence-electron chi connectivity index (χ1n) is 7.04. The van der Waals surface area contributed by atoms with Crippen molar-refractivity contribution < 1.29 is 23.4 Å². The second-order valence-corrected chi connectivity index (χ2v) is 6.47. The Bertz CT molecular complexity index is 526. The van der Waals surface area contributed by atoms with Crippen LogP contribution in [0.4, 0.5) is 13.2 Å². The molecule has 1 aromatic rings. The lowest BCUT2D eigenvalue weighted by molar-refractivity contribution is -0.259. The summed E-state index contributed by atoms with van der Waals surface area (Å²) in [6.45, 7) is 0.777. The Balaban J connectivity index is 2.03. The number of likely N-dealkylation sites (tertiary alicyclic amines) is 1. The molecule has 1 atom stereocenters. The zero-order valence-electron chi connectivity index (χ0n) is 12.2. The third-order valence-electron chi connectivity index (χ3n) is 4.20. The molecule has 2 rings (SSSR count). The summed E-state index contributed by atoms with van der Waals surface area (Å²) in [4.78, 5) is 1.51. The standard InChI is InChI=1S/C15H19ClF3NO2/c1-13(21,15(17,18)19)10-20-8-6-14(22,7-9-20)11-4-2-3-5-12(11)16/h2-5,21-22H,6-10H2,1H3. The number of hydrogen-bond donors (Lipinski definition) is 2. The van der Waals surface area contributed by atoms with Crippen LogP contribution in [-0.4, -0.2) is 46.5 Å². The molecule has 3 nitrogen and oxygen atoms in total. The van der Waals surface area contributed by atoms with Crippen LogP contribution < -0.4 is 0 Å². The molecule has 2 N–H and O–H groups in total. The molecule has 1 fully saturated rings. The Kier molecular flexibility index (Phi) is 4.78. The molecule has 22 heavy (non-hydrogen) atoms. The molecule has 1 unspecified atom stereocenters. The van der Waals surface area contributed by atoms with Crippen molar-refractivity contribution in [3.63, 3.8) is 0 Å². The molecule has 7 heteroatoms. The zero-order chi connectivity index (χ0) is 16.6. The highest BCUT2D eigenvalue weighted by Gasteiger charge is 2.51. The lowest BCUT2D eigenvalue weighted by Crippen LogP contribution is -2.54. The third kappa shape index (κ3) is 3.56. The van der Waals surface area contributed by atoms with Crippen molar-refractivity contribution in [3.05, 3.63) is 34.9 Å². The van der Waals surface area contributed by atoms with E-state index in [0.717, 1.165) is 6.92 Å². The van der Waals surface area contributed by atoms with Gasteiger partial charge in [0.1, 0.15) is 0 Å². The molecule has 0 radical (unpaired) electrons. The van der Waals surface area contributed by atoms with Gasteiger partial charge in [-0.1, -0.05) is 29.8 Å². The average molecular weight is 338 g/mol. The molecule has 0 saturated carbocycles. The fourth-order valence-electron chi connectivity index (χ4n) is 2.71. The number of halogens is 4. The highest BCUT2D eigenvalue weighted by molar-refractivity contribution is 6.31. The van der Waals surface area contributed by atoms with Crippen LogP contribution in [0.3, 0.4) is 0 Å². The second-order valence-electron chi connectivity index (χ2n) is 6.06. The van der Waals surface area contributed by atoms with Crippen molar-refractivity contribution in [2.24, 2.45) is 0 Å². The van der Waals surface area contributed by atoms with Gasteiger partial charge in [0, 0.05) is 30.2 Å². The normalized spacial score (nSPS) is 22.3. The smallest absolute Gasteiger partial charge is 0.385 e. The molecular formula is C15H19ClF3NO2. The fourth-order valence-corrected chi connectivity index (χ4v) is 3.03. The van der Waals surface area contributed by atoms with Crippen LogP contribution in [0.25, 0.3) is 0 Å². The van der Waals surface area contributed by atoms with Crippen LogP contribution in [0, 0.1) is 0 Å². The van der Waals surface area contributed by atoms with Crippen LogP contribution in [-0.2, 0) is 5.60 Å². The minimum absolute atomic E-state index is 0.258. The first-order chi connectivity index (χ1) is 10.1. The zero-order valence-corrected chi connectivity index (χ0v) is 13.0. The summed E-state index contributed by atoms with van der Waals surface area (Å²) in [5.74, 6) is 0. The van der Waals surface area contributed by atoms with Gasteiger partial charge in [-0.05, 0) is 25.8 Å². The van der Waals surface area contributed by atoms with Crippen molar-refractivity contribution in [3.8, 4) is 0 Å². The monoisotopic (exact) mass is 337 g/mol. The Morgan fingerprint density at radius 3 is 2.27 bits per heavy atom. The van der Waals surface area contributed by atoms with Crippen molar-refractivity contribution in [2.75, 3.05) is 19.6 Å². The van der Waals surface area contributed by atoms with Gasteiger partial charge in [-0.2, -0.15) is 13.2 Å². The summed E-state index contributed by atoms with van der Waals surface area (Å²) in [7, 11) is 0. The fraction of sp³-hybridized carbons (Fsp3) is 0.600. The average Bonchev–Trinajstić information content (AvgIpc) is 2.40. The maximum absolute atomic E-state index is 12.7. The van der Waals surface area contributed by atoms with E-state index in [1.54, 1.807) is 24.3 Å². The number of β-amino-alcohol motifs (C(OH)–C–C–N with tert-alkyl or cyclic N) is 1. The number of rotatable bonds is 3. The van der Waals surface area contributed by atoms with Crippen LogP contribution in [0.5, 0.6) is 0 Å². The van der Waals surface area contributed by atoms with E-state index in [1.165, 1.54) is 4.90 Å². The molecule has 124 valence electrons. The molecule has 1 saturated heterocycles. The van der Waals surface area contributed by atoms with Gasteiger partial charge in [0.2, 0.25) is 0 Å². The SMILES string of the molecule is CC(O)(CN1CCC(O)(c2ccccc2Cl)CC1)C(F)(F)F. The molecule has 1 aliphatic heterocycles. The number of hydrogen-bond acceptors (Lipinski definition) is 3. The lowest BCUT2D eigenvalue weighted by Gasteiger charge is -2.41. The summed E-state index contributed by atoms with van der Waals surface area (Å²) >= 11 is 6.09. The van der Waals surface area contributed by atoms with Gasteiger partial charge in [0.15, 0.2) is 5.60 Å². The summed E-state index contributed by atoms with van der Waals surface area (Å²) in [5, 5.41) is 20.7. The van der Waals surface area contributed by atoms with Gasteiger partial charge in [0.05, 0.1) is 5.60 Å². The molecule has 1 aromatic carbocycles. The maximum Gasteiger partial charge on any atom is 0.418 e.